The molecule has 0 bridgehead atoms. The van der Waals surface area contributed by atoms with Crippen molar-refractivity contribution in [2.75, 3.05) is 18.4 Å². The molecule has 1 atom stereocenters. The van der Waals surface area contributed by atoms with E-state index in [1.165, 1.54) is 0 Å². The van der Waals surface area contributed by atoms with E-state index in [-0.39, 0.29) is 35.8 Å². The number of nitrogens with zero attached hydrogens (tertiary/aromatic N) is 1. The third kappa shape index (κ3) is 8.33. The third-order valence-corrected chi connectivity index (χ3v) is 3.43. The lowest BCUT2D eigenvalue weighted by Gasteiger charge is -2.11. The van der Waals surface area contributed by atoms with E-state index in [4.69, 9.17) is 0 Å². The molecule has 1 unspecified atom stereocenters. The largest absolute Gasteiger partial charge is 0.357 e. The van der Waals surface area contributed by atoms with E-state index in [9.17, 15) is 4.79 Å². The van der Waals surface area contributed by atoms with Crippen LogP contribution >= 0.6 is 24.0 Å². The van der Waals surface area contributed by atoms with Gasteiger partial charge in [-0.1, -0.05) is 32.1 Å². The Morgan fingerprint density at radius 2 is 2.08 bits per heavy atom. The van der Waals surface area contributed by atoms with E-state index in [0.717, 1.165) is 30.2 Å². The van der Waals surface area contributed by atoms with Crippen LogP contribution in [0.1, 0.15) is 32.8 Å². The first-order valence-electron chi connectivity index (χ1n) is 8.13. The molecule has 0 spiro atoms. The Morgan fingerprint density at radius 3 is 2.71 bits per heavy atom. The third-order valence-electron chi connectivity index (χ3n) is 3.43. The van der Waals surface area contributed by atoms with Gasteiger partial charge in [0.1, 0.15) is 0 Å². The molecular weight excluding hydrogens is 415 g/mol. The zero-order valence-corrected chi connectivity index (χ0v) is 17.1. The summed E-state index contributed by atoms with van der Waals surface area (Å²) in [6.45, 7) is 11.7. The predicted octanol–water partition coefficient (Wildman–Crippen LogP) is 3.53. The number of benzene rings is 1. The Kier molecular flexibility index (Phi) is 12.0. The molecule has 0 aromatic heterocycles. The van der Waals surface area contributed by atoms with Crippen LogP contribution in [0.15, 0.2) is 41.9 Å². The molecule has 0 fully saturated rings. The lowest BCUT2D eigenvalue weighted by atomic mass is 10.1. The molecule has 0 aliphatic rings. The molecule has 134 valence electrons. The fraction of sp³-hybridized carbons (Fsp3) is 0.444. The predicted molar refractivity (Wildman–Crippen MR) is 113 cm³/mol. The summed E-state index contributed by atoms with van der Waals surface area (Å²) in [4.78, 5) is 16.5. The zero-order valence-electron chi connectivity index (χ0n) is 14.8. The monoisotopic (exact) mass is 444 g/mol. The SMILES string of the molecule is C=CCNC(=NCc1cccc(NC(=O)C(C)CC)c1)NCC.I. The van der Waals surface area contributed by atoms with Crippen molar-refractivity contribution in [3.63, 3.8) is 0 Å². The maximum Gasteiger partial charge on any atom is 0.227 e. The standard InChI is InChI=1S/C18H28N4O.HI/c1-5-11-20-18(19-7-3)21-13-15-9-8-10-16(12-15)22-17(23)14(4)6-2;/h5,8-10,12,14H,1,6-7,11,13H2,2-4H3,(H,22,23)(H2,19,20,21);1H. The lowest BCUT2D eigenvalue weighted by molar-refractivity contribution is -0.119. The second-order valence-electron chi connectivity index (χ2n) is 5.36. The summed E-state index contributed by atoms with van der Waals surface area (Å²) in [6.07, 6.45) is 2.62. The van der Waals surface area contributed by atoms with Crippen LogP contribution in [0.2, 0.25) is 0 Å². The number of halogens is 1. The molecular formula is C18H29IN4O. The Labute approximate surface area is 162 Å². The number of guanidine groups is 1. The highest BCUT2D eigenvalue weighted by molar-refractivity contribution is 14.0. The van der Waals surface area contributed by atoms with Gasteiger partial charge in [0.2, 0.25) is 5.91 Å². The fourth-order valence-corrected chi connectivity index (χ4v) is 1.88. The number of rotatable bonds is 8. The lowest BCUT2D eigenvalue weighted by Crippen LogP contribution is -2.37. The topological polar surface area (TPSA) is 65.5 Å². The van der Waals surface area contributed by atoms with Gasteiger partial charge in [-0.05, 0) is 31.0 Å². The average molecular weight is 444 g/mol. The number of carbonyl (C=O) groups is 1. The van der Waals surface area contributed by atoms with Crippen molar-refractivity contribution in [2.45, 2.75) is 33.7 Å². The van der Waals surface area contributed by atoms with Crippen LogP contribution in [0.25, 0.3) is 0 Å². The van der Waals surface area contributed by atoms with Crippen LogP contribution in [-0.4, -0.2) is 25.0 Å². The van der Waals surface area contributed by atoms with Crippen LogP contribution < -0.4 is 16.0 Å². The zero-order chi connectivity index (χ0) is 17.1. The summed E-state index contributed by atoms with van der Waals surface area (Å²) in [6, 6.07) is 7.79. The minimum Gasteiger partial charge on any atom is -0.357 e. The molecule has 1 aromatic carbocycles. The molecule has 1 aromatic rings. The number of hydrogen-bond donors (Lipinski definition) is 3. The normalized spacial score (nSPS) is 11.9. The van der Waals surface area contributed by atoms with E-state index < -0.39 is 0 Å². The molecule has 1 rings (SSSR count). The first-order chi connectivity index (χ1) is 11.1. The van der Waals surface area contributed by atoms with Gasteiger partial charge in [-0.2, -0.15) is 0 Å². The second kappa shape index (κ2) is 12.8. The summed E-state index contributed by atoms with van der Waals surface area (Å²) in [5.41, 5.74) is 1.86. The maximum absolute atomic E-state index is 12.0. The van der Waals surface area contributed by atoms with Crippen molar-refractivity contribution in [2.24, 2.45) is 10.9 Å². The number of nitrogens with one attached hydrogen (secondary N) is 3. The van der Waals surface area contributed by atoms with Crippen molar-refractivity contribution in [1.29, 1.82) is 0 Å². The molecule has 0 saturated heterocycles. The van der Waals surface area contributed by atoms with Gasteiger partial charge >= 0.3 is 0 Å². The summed E-state index contributed by atoms with van der Waals surface area (Å²) in [7, 11) is 0. The minimum atomic E-state index is 0. The highest BCUT2D eigenvalue weighted by Gasteiger charge is 2.10. The van der Waals surface area contributed by atoms with Gasteiger partial charge < -0.3 is 16.0 Å². The summed E-state index contributed by atoms with van der Waals surface area (Å²) < 4.78 is 0. The van der Waals surface area contributed by atoms with Crippen molar-refractivity contribution >= 4 is 41.5 Å². The van der Waals surface area contributed by atoms with Crippen LogP contribution in [-0.2, 0) is 11.3 Å². The molecule has 6 heteroatoms. The van der Waals surface area contributed by atoms with Gasteiger partial charge in [-0.15, -0.1) is 30.6 Å². The molecule has 0 heterocycles. The Bertz CT molecular complexity index is 546. The van der Waals surface area contributed by atoms with Crippen molar-refractivity contribution in [3.8, 4) is 0 Å². The van der Waals surface area contributed by atoms with E-state index in [0.29, 0.717) is 13.1 Å². The molecule has 3 N–H and O–H groups in total. The summed E-state index contributed by atoms with van der Waals surface area (Å²) in [5, 5.41) is 9.29. The molecule has 5 nitrogen and oxygen atoms in total. The average Bonchev–Trinajstić information content (AvgIpc) is 2.56. The number of hydrogen-bond acceptors (Lipinski definition) is 2. The van der Waals surface area contributed by atoms with E-state index in [1.54, 1.807) is 6.08 Å². The van der Waals surface area contributed by atoms with Crippen LogP contribution in [0.3, 0.4) is 0 Å². The first kappa shape index (κ1) is 22.4. The number of anilines is 1. The molecule has 24 heavy (non-hydrogen) atoms. The van der Waals surface area contributed by atoms with Crippen molar-refractivity contribution < 1.29 is 4.79 Å². The van der Waals surface area contributed by atoms with Gasteiger partial charge in [0, 0.05) is 24.7 Å². The van der Waals surface area contributed by atoms with Gasteiger partial charge in [-0.25, -0.2) is 4.99 Å². The van der Waals surface area contributed by atoms with Gasteiger partial charge in [0.05, 0.1) is 6.54 Å². The quantitative estimate of drug-likeness (QED) is 0.249. The van der Waals surface area contributed by atoms with Crippen molar-refractivity contribution in [3.05, 3.63) is 42.5 Å². The van der Waals surface area contributed by atoms with Gasteiger partial charge in [0.15, 0.2) is 5.96 Å². The minimum absolute atomic E-state index is 0. The Morgan fingerprint density at radius 1 is 1.33 bits per heavy atom. The summed E-state index contributed by atoms with van der Waals surface area (Å²) in [5.74, 6) is 0.815. The fourth-order valence-electron chi connectivity index (χ4n) is 1.88. The molecule has 0 aliphatic heterocycles. The smallest absolute Gasteiger partial charge is 0.227 e. The van der Waals surface area contributed by atoms with Crippen LogP contribution in [0.5, 0.6) is 0 Å². The highest BCUT2D eigenvalue weighted by Crippen LogP contribution is 2.13. The van der Waals surface area contributed by atoms with Gasteiger partial charge in [0.25, 0.3) is 0 Å². The van der Waals surface area contributed by atoms with Crippen molar-refractivity contribution in [1.82, 2.24) is 10.6 Å². The van der Waals surface area contributed by atoms with E-state index in [1.807, 2.05) is 45.0 Å². The van der Waals surface area contributed by atoms with Crippen LogP contribution in [0, 0.1) is 5.92 Å². The van der Waals surface area contributed by atoms with Gasteiger partial charge in [-0.3, -0.25) is 4.79 Å². The number of carbonyl (C=O) groups excluding carboxylic acids is 1. The Hall–Kier alpha value is -1.57. The second-order valence-corrected chi connectivity index (χ2v) is 5.36. The molecule has 0 saturated carbocycles. The van der Waals surface area contributed by atoms with Crippen LogP contribution in [0.4, 0.5) is 5.69 Å². The molecule has 0 radical (unpaired) electrons. The molecule has 1 amide bonds. The Balaban J connectivity index is 0.00000529. The first-order valence-corrected chi connectivity index (χ1v) is 8.13. The molecule has 0 aliphatic carbocycles. The van der Waals surface area contributed by atoms with E-state index in [2.05, 4.69) is 27.5 Å². The summed E-state index contributed by atoms with van der Waals surface area (Å²) >= 11 is 0. The maximum atomic E-state index is 12.0. The van der Waals surface area contributed by atoms with E-state index >= 15 is 0 Å². The number of amides is 1. The number of aliphatic imine (C=N–C) groups is 1. The highest BCUT2D eigenvalue weighted by atomic mass is 127.